The fraction of sp³-hybridized carbons (Fsp3) is 0.455. The average Bonchev–Trinajstić information content (AvgIpc) is 2.94. The summed E-state index contributed by atoms with van der Waals surface area (Å²) in [5, 5.41) is 10.9. The lowest BCUT2D eigenvalue weighted by atomic mass is 10.2. The van der Waals surface area contributed by atoms with Gasteiger partial charge in [0, 0.05) is 26.4 Å². The first-order valence-corrected chi connectivity index (χ1v) is 5.68. The monoisotopic (exact) mass is 233 g/mol. The van der Waals surface area contributed by atoms with E-state index in [4.69, 9.17) is 4.74 Å². The molecule has 6 heteroatoms. The van der Waals surface area contributed by atoms with E-state index < -0.39 is 0 Å². The summed E-state index contributed by atoms with van der Waals surface area (Å²) in [5.41, 5.74) is 0.843. The molecule has 2 aromatic heterocycles. The topological polar surface area (TPSA) is 63.5 Å². The minimum Gasteiger partial charge on any atom is -0.378 e. The van der Waals surface area contributed by atoms with Crippen LogP contribution in [0.3, 0.4) is 0 Å². The summed E-state index contributed by atoms with van der Waals surface area (Å²) in [6.45, 7) is 1.73. The molecule has 3 rings (SSSR count). The first-order chi connectivity index (χ1) is 8.36. The van der Waals surface area contributed by atoms with E-state index in [-0.39, 0.29) is 12.1 Å². The number of ether oxygens (including phenoxy) is 1. The van der Waals surface area contributed by atoms with Crippen molar-refractivity contribution in [3.63, 3.8) is 0 Å². The summed E-state index contributed by atoms with van der Waals surface area (Å²) in [7, 11) is 1.73. The second-order valence-corrected chi connectivity index (χ2v) is 4.12. The Balaban J connectivity index is 1.80. The highest BCUT2D eigenvalue weighted by Gasteiger charge is 2.27. The van der Waals surface area contributed by atoms with Gasteiger partial charge in [0.25, 0.3) is 0 Å². The molecule has 1 unspecified atom stereocenters. The van der Waals surface area contributed by atoms with Crippen LogP contribution in [0.1, 0.15) is 0 Å². The number of rotatable bonds is 3. The molecule has 3 heterocycles. The number of nitrogens with one attached hydrogen (secondary N) is 2. The summed E-state index contributed by atoms with van der Waals surface area (Å²) < 4.78 is 7.14. The maximum absolute atomic E-state index is 5.38. The number of anilines is 1. The van der Waals surface area contributed by atoms with Crippen LogP contribution in [0.5, 0.6) is 0 Å². The van der Waals surface area contributed by atoms with Gasteiger partial charge in [-0.2, -0.15) is 4.98 Å². The Morgan fingerprint density at radius 1 is 1.47 bits per heavy atom. The van der Waals surface area contributed by atoms with Crippen LogP contribution in [0.25, 0.3) is 5.65 Å². The van der Waals surface area contributed by atoms with Gasteiger partial charge in [0.05, 0.1) is 12.1 Å². The number of hydrogen-bond acceptors (Lipinski definition) is 5. The molecule has 2 aromatic rings. The Labute approximate surface area is 99.0 Å². The molecule has 0 saturated carbocycles. The van der Waals surface area contributed by atoms with Gasteiger partial charge in [-0.1, -0.05) is 6.07 Å². The van der Waals surface area contributed by atoms with Crippen LogP contribution < -0.4 is 10.6 Å². The standard InChI is InChI=1S/C11H15N5O/c1-17-9-7-12-6-8(9)13-11-14-10-4-2-3-5-16(10)15-11/h2-5,8-9,12H,6-7H2,1H3,(H,13,15)/t8?,9-/m0/s1. The SMILES string of the molecule is CO[C@H]1CNCC1Nc1nc2ccccn2n1. The number of methoxy groups -OCH3 is 1. The summed E-state index contributed by atoms with van der Waals surface area (Å²) >= 11 is 0. The molecular formula is C11H15N5O. The van der Waals surface area contributed by atoms with Crippen molar-refractivity contribution in [3.05, 3.63) is 24.4 Å². The molecule has 0 bridgehead atoms. The minimum absolute atomic E-state index is 0.168. The van der Waals surface area contributed by atoms with Crippen molar-refractivity contribution >= 4 is 11.6 Å². The second-order valence-electron chi connectivity index (χ2n) is 4.12. The van der Waals surface area contributed by atoms with Crippen LogP contribution in [0.4, 0.5) is 5.95 Å². The lowest BCUT2D eigenvalue weighted by Gasteiger charge is -2.16. The Morgan fingerprint density at radius 2 is 2.41 bits per heavy atom. The number of nitrogens with zero attached hydrogens (tertiary/aromatic N) is 3. The zero-order chi connectivity index (χ0) is 11.7. The molecule has 0 aliphatic carbocycles. The zero-order valence-corrected chi connectivity index (χ0v) is 9.63. The van der Waals surface area contributed by atoms with Gasteiger partial charge in [0.2, 0.25) is 5.95 Å². The highest BCUT2D eigenvalue weighted by molar-refractivity contribution is 5.43. The van der Waals surface area contributed by atoms with Crippen molar-refractivity contribution in [1.82, 2.24) is 19.9 Å². The van der Waals surface area contributed by atoms with E-state index in [1.807, 2.05) is 24.4 Å². The molecule has 1 aliphatic heterocycles. The van der Waals surface area contributed by atoms with Gasteiger partial charge in [-0.05, 0) is 12.1 Å². The Kier molecular flexibility index (Phi) is 2.66. The first kappa shape index (κ1) is 10.5. The molecule has 2 atom stereocenters. The molecular weight excluding hydrogens is 218 g/mol. The first-order valence-electron chi connectivity index (χ1n) is 5.68. The molecule has 0 aromatic carbocycles. The molecule has 0 amide bonds. The van der Waals surface area contributed by atoms with E-state index in [1.54, 1.807) is 11.6 Å². The Morgan fingerprint density at radius 3 is 3.24 bits per heavy atom. The van der Waals surface area contributed by atoms with Gasteiger partial charge in [-0.3, -0.25) is 0 Å². The van der Waals surface area contributed by atoms with Gasteiger partial charge in [0.1, 0.15) is 0 Å². The van der Waals surface area contributed by atoms with Gasteiger partial charge in [-0.15, -0.1) is 5.10 Å². The minimum atomic E-state index is 0.168. The number of hydrogen-bond donors (Lipinski definition) is 2. The van der Waals surface area contributed by atoms with E-state index in [0.29, 0.717) is 5.95 Å². The van der Waals surface area contributed by atoms with Gasteiger partial charge >= 0.3 is 0 Å². The third-order valence-electron chi connectivity index (χ3n) is 3.02. The lowest BCUT2D eigenvalue weighted by Crippen LogP contribution is -2.33. The van der Waals surface area contributed by atoms with Crippen LogP contribution in [-0.4, -0.2) is 46.9 Å². The third kappa shape index (κ3) is 1.96. The molecule has 2 N–H and O–H groups in total. The van der Waals surface area contributed by atoms with Crippen molar-refractivity contribution in [2.24, 2.45) is 0 Å². The van der Waals surface area contributed by atoms with Crippen LogP contribution >= 0.6 is 0 Å². The summed E-state index contributed by atoms with van der Waals surface area (Å²) in [6, 6.07) is 6.03. The summed E-state index contributed by atoms with van der Waals surface area (Å²) in [6.07, 6.45) is 2.05. The summed E-state index contributed by atoms with van der Waals surface area (Å²) in [4.78, 5) is 4.40. The van der Waals surface area contributed by atoms with Crippen LogP contribution in [0, 0.1) is 0 Å². The zero-order valence-electron chi connectivity index (χ0n) is 9.63. The quantitative estimate of drug-likeness (QED) is 0.789. The Hall–Kier alpha value is -1.66. The molecule has 0 spiro atoms. The van der Waals surface area contributed by atoms with Gasteiger partial charge < -0.3 is 15.4 Å². The molecule has 90 valence electrons. The van der Waals surface area contributed by atoms with E-state index in [2.05, 4.69) is 20.7 Å². The highest BCUT2D eigenvalue weighted by Crippen LogP contribution is 2.11. The van der Waals surface area contributed by atoms with Gasteiger partial charge in [-0.25, -0.2) is 4.52 Å². The van der Waals surface area contributed by atoms with Crippen LogP contribution in [-0.2, 0) is 4.74 Å². The predicted molar refractivity (Wildman–Crippen MR) is 64.1 cm³/mol. The average molecular weight is 233 g/mol. The molecule has 1 aliphatic rings. The molecule has 1 fully saturated rings. The maximum atomic E-state index is 5.38. The van der Waals surface area contributed by atoms with E-state index in [0.717, 1.165) is 18.7 Å². The van der Waals surface area contributed by atoms with Gasteiger partial charge in [0.15, 0.2) is 5.65 Å². The second kappa shape index (κ2) is 4.31. The smallest absolute Gasteiger partial charge is 0.243 e. The molecule has 6 nitrogen and oxygen atoms in total. The molecule has 0 radical (unpaired) electrons. The van der Waals surface area contributed by atoms with Crippen molar-refractivity contribution in [2.75, 3.05) is 25.5 Å². The summed E-state index contributed by atoms with van der Waals surface area (Å²) in [5.74, 6) is 0.645. The Bertz CT molecular complexity index is 478. The third-order valence-corrected chi connectivity index (χ3v) is 3.02. The number of aromatic nitrogens is 3. The highest BCUT2D eigenvalue weighted by atomic mass is 16.5. The predicted octanol–water partition coefficient (Wildman–Crippen LogP) is 0.128. The number of fused-ring (bicyclic) bond motifs is 1. The van der Waals surface area contributed by atoms with Crippen molar-refractivity contribution in [1.29, 1.82) is 0 Å². The normalized spacial score (nSPS) is 24.3. The lowest BCUT2D eigenvalue weighted by molar-refractivity contribution is 0.111. The van der Waals surface area contributed by atoms with Crippen LogP contribution in [0.15, 0.2) is 24.4 Å². The van der Waals surface area contributed by atoms with E-state index >= 15 is 0 Å². The maximum Gasteiger partial charge on any atom is 0.243 e. The van der Waals surface area contributed by atoms with Crippen molar-refractivity contribution in [2.45, 2.75) is 12.1 Å². The fourth-order valence-electron chi connectivity index (χ4n) is 2.10. The number of pyridine rings is 1. The van der Waals surface area contributed by atoms with E-state index in [1.165, 1.54) is 0 Å². The van der Waals surface area contributed by atoms with Crippen LogP contribution in [0.2, 0.25) is 0 Å². The fourth-order valence-corrected chi connectivity index (χ4v) is 2.10. The molecule has 17 heavy (non-hydrogen) atoms. The molecule has 1 saturated heterocycles. The van der Waals surface area contributed by atoms with Crippen molar-refractivity contribution in [3.8, 4) is 0 Å². The largest absolute Gasteiger partial charge is 0.378 e. The van der Waals surface area contributed by atoms with Crippen molar-refractivity contribution < 1.29 is 4.74 Å². The van der Waals surface area contributed by atoms with E-state index in [9.17, 15) is 0 Å².